The molecule has 0 amide bonds. The van der Waals surface area contributed by atoms with Crippen LogP contribution in [0, 0.1) is 5.92 Å². The Kier molecular flexibility index (Phi) is 5.01. The maximum absolute atomic E-state index is 12.6. The van der Waals surface area contributed by atoms with Crippen LogP contribution in [0.25, 0.3) is 0 Å². The van der Waals surface area contributed by atoms with E-state index >= 15 is 0 Å². The lowest BCUT2D eigenvalue weighted by atomic mass is 9.77. The van der Waals surface area contributed by atoms with Crippen molar-refractivity contribution in [3.05, 3.63) is 29.3 Å². The maximum Gasteiger partial charge on any atom is 0.214 e. The van der Waals surface area contributed by atoms with E-state index in [9.17, 15) is 8.42 Å². The first-order chi connectivity index (χ1) is 12.5. The molecule has 1 aromatic rings. The molecule has 2 fully saturated rings. The van der Waals surface area contributed by atoms with Crippen molar-refractivity contribution < 1.29 is 13.2 Å². The highest BCUT2D eigenvalue weighted by Gasteiger charge is 2.45. The Morgan fingerprint density at radius 3 is 2.85 bits per heavy atom. The van der Waals surface area contributed by atoms with E-state index in [0.717, 1.165) is 44.5 Å². The van der Waals surface area contributed by atoms with Gasteiger partial charge in [-0.2, -0.15) is 4.31 Å². The number of rotatable bonds is 4. The zero-order valence-corrected chi connectivity index (χ0v) is 16.7. The molecule has 0 saturated carbocycles. The lowest BCUT2D eigenvalue weighted by molar-refractivity contribution is 0.0220. The molecular weight excluding hydrogens is 348 g/mol. The molecule has 0 unspecified atom stereocenters. The van der Waals surface area contributed by atoms with Crippen LogP contribution in [0.1, 0.15) is 50.3 Å². The molecule has 6 heteroatoms. The zero-order chi connectivity index (χ0) is 18.3. The molecular formula is C20H30N2O3S. The van der Waals surface area contributed by atoms with E-state index in [1.54, 1.807) is 6.92 Å². The summed E-state index contributed by atoms with van der Waals surface area (Å²) in [5.41, 5.74) is 2.74. The van der Waals surface area contributed by atoms with Crippen LogP contribution >= 0.6 is 0 Å². The van der Waals surface area contributed by atoms with Gasteiger partial charge in [0.1, 0.15) is 5.75 Å². The zero-order valence-electron chi connectivity index (χ0n) is 15.9. The van der Waals surface area contributed by atoms with Crippen LogP contribution in [0.15, 0.2) is 18.2 Å². The third-order valence-corrected chi connectivity index (χ3v) is 8.31. The molecule has 0 aromatic heterocycles. The Balaban J connectivity index is 1.63. The van der Waals surface area contributed by atoms with Crippen molar-refractivity contribution in [3.8, 4) is 5.75 Å². The van der Waals surface area contributed by atoms with Crippen LogP contribution < -0.4 is 4.74 Å². The van der Waals surface area contributed by atoms with Gasteiger partial charge in [0.2, 0.25) is 10.0 Å². The third-order valence-electron chi connectivity index (χ3n) is 6.42. The highest BCUT2D eigenvalue weighted by molar-refractivity contribution is 7.89. The Hall–Kier alpha value is -1.11. The minimum atomic E-state index is -3.13. The van der Waals surface area contributed by atoms with E-state index in [2.05, 4.69) is 23.1 Å². The predicted octanol–water partition coefficient (Wildman–Crippen LogP) is 2.82. The Morgan fingerprint density at radius 2 is 2.08 bits per heavy atom. The number of hydrogen-bond donors (Lipinski definition) is 0. The van der Waals surface area contributed by atoms with Gasteiger partial charge in [0, 0.05) is 31.7 Å². The van der Waals surface area contributed by atoms with Crippen molar-refractivity contribution in [2.45, 2.75) is 51.6 Å². The Labute approximate surface area is 157 Å². The number of nitrogens with zero attached hydrogens (tertiary/aromatic N) is 2. The molecule has 3 atom stereocenters. The van der Waals surface area contributed by atoms with Gasteiger partial charge in [-0.05, 0) is 68.7 Å². The Morgan fingerprint density at radius 1 is 1.23 bits per heavy atom. The number of sulfonamides is 1. The fraction of sp³-hybridized carbons (Fsp3) is 0.700. The molecule has 0 radical (unpaired) electrons. The van der Waals surface area contributed by atoms with Crippen molar-refractivity contribution in [2.24, 2.45) is 5.92 Å². The van der Waals surface area contributed by atoms with Crippen LogP contribution in [-0.2, 0) is 16.4 Å². The number of piperidine rings is 2. The lowest BCUT2D eigenvalue weighted by Crippen LogP contribution is -2.57. The summed E-state index contributed by atoms with van der Waals surface area (Å²) >= 11 is 0. The molecule has 3 aliphatic rings. The minimum Gasteiger partial charge on any atom is -0.494 e. The molecule has 5 nitrogen and oxygen atoms in total. The first-order valence-electron chi connectivity index (χ1n) is 10.0. The van der Waals surface area contributed by atoms with Crippen molar-refractivity contribution in [2.75, 3.05) is 32.0 Å². The monoisotopic (exact) mass is 378 g/mol. The summed E-state index contributed by atoms with van der Waals surface area (Å²) in [7, 11) is -3.13. The van der Waals surface area contributed by atoms with Crippen molar-refractivity contribution in [1.82, 2.24) is 9.21 Å². The smallest absolute Gasteiger partial charge is 0.214 e. The van der Waals surface area contributed by atoms with Gasteiger partial charge in [-0.1, -0.05) is 6.07 Å². The standard InChI is InChI=1S/C20H30N2O3S/c1-3-25-17-7-8-18-15(12-17)9-11-21-14-16-6-5-10-22(26(23,24)4-2)19(16)13-20(18)21/h7-8,12,16,19-20H,3-6,9-11,13-14H2,1-2H3/t16-,19+,20+/m1/s1. The quantitative estimate of drug-likeness (QED) is 0.808. The van der Waals surface area contributed by atoms with Gasteiger partial charge in [-0.25, -0.2) is 8.42 Å². The van der Waals surface area contributed by atoms with Gasteiger partial charge < -0.3 is 4.74 Å². The fourth-order valence-corrected chi connectivity index (χ4v) is 6.57. The van der Waals surface area contributed by atoms with E-state index in [1.807, 2.05) is 11.2 Å². The van der Waals surface area contributed by atoms with Gasteiger partial charge >= 0.3 is 0 Å². The summed E-state index contributed by atoms with van der Waals surface area (Å²) in [6.07, 6.45) is 4.12. The molecule has 0 spiro atoms. The molecule has 1 aromatic carbocycles. The summed E-state index contributed by atoms with van der Waals surface area (Å²) in [6.45, 7) is 7.24. The molecule has 26 heavy (non-hydrogen) atoms. The number of ether oxygens (including phenoxy) is 1. The molecule has 144 valence electrons. The highest BCUT2D eigenvalue weighted by atomic mass is 32.2. The number of hydrogen-bond acceptors (Lipinski definition) is 4. The molecule has 0 bridgehead atoms. The van der Waals surface area contributed by atoms with Gasteiger partial charge in [-0.3, -0.25) is 4.90 Å². The van der Waals surface area contributed by atoms with Crippen LogP contribution in [0.4, 0.5) is 0 Å². The minimum absolute atomic E-state index is 0.160. The molecule has 2 saturated heterocycles. The summed E-state index contributed by atoms with van der Waals surface area (Å²) in [6, 6.07) is 6.96. The van der Waals surface area contributed by atoms with Crippen molar-refractivity contribution in [3.63, 3.8) is 0 Å². The summed E-state index contributed by atoms with van der Waals surface area (Å²) in [5, 5.41) is 0. The largest absolute Gasteiger partial charge is 0.494 e. The topological polar surface area (TPSA) is 49.9 Å². The average molecular weight is 379 g/mol. The first-order valence-corrected chi connectivity index (χ1v) is 11.6. The molecule has 3 aliphatic heterocycles. The van der Waals surface area contributed by atoms with Gasteiger partial charge in [0.05, 0.1) is 12.4 Å². The van der Waals surface area contributed by atoms with Gasteiger partial charge in [0.15, 0.2) is 0 Å². The second-order valence-electron chi connectivity index (χ2n) is 7.77. The van der Waals surface area contributed by atoms with Crippen LogP contribution in [0.2, 0.25) is 0 Å². The lowest BCUT2D eigenvalue weighted by Gasteiger charge is -2.51. The molecule has 0 N–H and O–H groups in total. The third kappa shape index (κ3) is 3.16. The van der Waals surface area contributed by atoms with E-state index < -0.39 is 10.0 Å². The molecule has 4 rings (SSSR count). The normalized spacial score (nSPS) is 29.5. The van der Waals surface area contributed by atoms with Crippen LogP contribution in [0.5, 0.6) is 5.75 Å². The average Bonchev–Trinajstić information content (AvgIpc) is 2.66. The molecule has 0 aliphatic carbocycles. The number of fused-ring (bicyclic) bond motifs is 4. The van der Waals surface area contributed by atoms with Crippen molar-refractivity contribution in [1.29, 1.82) is 0 Å². The van der Waals surface area contributed by atoms with E-state index in [-0.39, 0.29) is 11.8 Å². The fourth-order valence-electron chi connectivity index (χ4n) is 5.16. The van der Waals surface area contributed by atoms with E-state index in [1.165, 1.54) is 11.1 Å². The van der Waals surface area contributed by atoms with Crippen molar-refractivity contribution >= 4 is 10.0 Å². The van der Waals surface area contributed by atoms with E-state index in [0.29, 0.717) is 25.1 Å². The maximum atomic E-state index is 12.6. The number of benzene rings is 1. The second kappa shape index (κ2) is 7.13. The SMILES string of the molecule is CCOc1ccc2c(c1)CCN1C[C@H]3CCCN(S(=O)(=O)CC)[C@H]3C[C@@H]21. The van der Waals surface area contributed by atoms with Gasteiger partial charge in [-0.15, -0.1) is 0 Å². The first kappa shape index (κ1) is 18.3. The summed E-state index contributed by atoms with van der Waals surface area (Å²) in [4.78, 5) is 2.59. The van der Waals surface area contributed by atoms with Crippen LogP contribution in [0.3, 0.4) is 0 Å². The van der Waals surface area contributed by atoms with Crippen LogP contribution in [-0.4, -0.2) is 55.7 Å². The highest BCUT2D eigenvalue weighted by Crippen LogP contribution is 2.44. The summed E-state index contributed by atoms with van der Waals surface area (Å²) in [5.74, 6) is 1.63. The van der Waals surface area contributed by atoms with E-state index in [4.69, 9.17) is 4.74 Å². The molecule has 3 heterocycles. The second-order valence-corrected chi connectivity index (χ2v) is 9.98. The van der Waals surface area contributed by atoms with Gasteiger partial charge in [0.25, 0.3) is 0 Å². The Bertz CT molecular complexity index is 764. The predicted molar refractivity (Wildman–Crippen MR) is 103 cm³/mol. The summed E-state index contributed by atoms with van der Waals surface area (Å²) < 4.78 is 32.8.